The van der Waals surface area contributed by atoms with E-state index in [-0.39, 0.29) is 17.1 Å². The van der Waals surface area contributed by atoms with Gasteiger partial charge in [0.2, 0.25) is 0 Å². The van der Waals surface area contributed by atoms with Gasteiger partial charge in [-0.2, -0.15) is 0 Å². The van der Waals surface area contributed by atoms with Crippen LogP contribution in [0.3, 0.4) is 0 Å². The minimum absolute atomic E-state index is 0.0787. The van der Waals surface area contributed by atoms with Crippen LogP contribution in [-0.4, -0.2) is 46.6 Å². The topological polar surface area (TPSA) is 47.9 Å². The number of ether oxygens (including phenoxy) is 2. The second kappa shape index (κ2) is 9.46. The molecule has 0 unspecified atom stereocenters. The van der Waals surface area contributed by atoms with Gasteiger partial charge in [-0.25, -0.2) is 0 Å². The van der Waals surface area contributed by atoms with Crippen LogP contribution in [-0.2, 0) is 20.5 Å². The lowest BCUT2D eigenvalue weighted by atomic mass is 9.94. The summed E-state index contributed by atoms with van der Waals surface area (Å²) in [6.07, 6.45) is -1.78. The molecule has 0 radical (unpaired) electrons. The maximum Gasteiger partial charge on any atom is 0.192 e. The fraction of sp³-hybridized carbons (Fsp3) is 0.652. The van der Waals surface area contributed by atoms with Gasteiger partial charge in [0.1, 0.15) is 14.2 Å². The summed E-state index contributed by atoms with van der Waals surface area (Å²) < 4.78 is 18.4. The first-order chi connectivity index (χ1) is 13.3. The Labute approximate surface area is 179 Å². The SMILES string of the molecule is CC(C)(C)[Si](C)(C)O[C@H]1CO[C@H](OCc2ccccc2)[C@@H](O)[C@@H]1C#C[Si](C)(C)C. The second-order valence-electron chi connectivity index (χ2n) is 10.5. The third-order valence-corrected chi connectivity index (χ3v) is 11.0. The van der Waals surface area contributed by atoms with Crippen molar-refractivity contribution in [3.05, 3.63) is 35.9 Å². The predicted octanol–water partition coefficient (Wildman–Crippen LogP) is 4.81. The van der Waals surface area contributed by atoms with Gasteiger partial charge in [0.25, 0.3) is 0 Å². The Balaban J connectivity index is 2.18. The van der Waals surface area contributed by atoms with Crippen LogP contribution in [0.2, 0.25) is 37.8 Å². The number of aliphatic hydroxyl groups excluding tert-OH is 1. The lowest BCUT2D eigenvalue weighted by Gasteiger charge is -2.44. The van der Waals surface area contributed by atoms with E-state index in [4.69, 9.17) is 13.9 Å². The first kappa shape index (κ1) is 24.3. The minimum Gasteiger partial charge on any atom is -0.410 e. The molecule has 2 rings (SSSR count). The van der Waals surface area contributed by atoms with Gasteiger partial charge in [0.05, 0.1) is 25.2 Å². The smallest absolute Gasteiger partial charge is 0.192 e. The number of hydrogen-bond donors (Lipinski definition) is 1. The first-order valence-corrected chi connectivity index (χ1v) is 16.9. The summed E-state index contributed by atoms with van der Waals surface area (Å²) in [5, 5.41) is 11.2. The summed E-state index contributed by atoms with van der Waals surface area (Å²) in [6, 6.07) is 9.92. The van der Waals surface area contributed by atoms with E-state index in [1.54, 1.807) is 0 Å². The molecule has 1 heterocycles. The summed E-state index contributed by atoms with van der Waals surface area (Å²) >= 11 is 0. The number of rotatable bonds is 5. The van der Waals surface area contributed by atoms with Gasteiger partial charge in [-0.05, 0) is 23.7 Å². The van der Waals surface area contributed by atoms with Gasteiger partial charge >= 0.3 is 0 Å². The van der Waals surface area contributed by atoms with Crippen molar-refractivity contribution < 1.29 is 19.0 Å². The molecule has 1 saturated heterocycles. The van der Waals surface area contributed by atoms with Gasteiger partial charge < -0.3 is 19.0 Å². The van der Waals surface area contributed by atoms with Crippen molar-refractivity contribution >= 4 is 16.4 Å². The zero-order valence-corrected chi connectivity index (χ0v) is 21.3. The maximum absolute atomic E-state index is 11.1. The molecule has 0 bridgehead atoms. The number of hydrogen-bond acceptors (Lipinski definition) is 4. The van der Waals surface area contributed by atoms with Crippen molar-refractivity contribution in [1.29, 1.82) is 0 Å². The lowest BCUT2D eigenvalue weighted by molar-refractivity contribution is -0.250. The average Bonchev–Trinajstić information content (AvgIpc) is 2.59. The van der Waals surface area contributed by atoms with Gasteiger partial charge in [-0.1, -0.05) is 70.7 Å². The molecule has 1 aromatic rings. The Hall–Kier alpha value is -0.946. The molecule has 6 heteroatoms. The molecule has 0 saturated carbocycles. The standard InChI is InChI=1S/C23H38O4Si2/c1-23(2,3)29(7,8)27-20-17-26-22(25-16-18-12-10-9-11-13-18)21(24)19(20)14-15-28(4,5)6/h9-13,19-22,24H,16-17H2,1-8H3/t19-,20+,21+,22+/m1/s1. The van der Waals surface area contributed by atoms with Crippen molar-refractivity contribution in [3.8, 4) is 11.5 Å². The van der Waals surface area contributed by atoms with Gasteiger partial charge in [-0.15, -0.1) is 11.5 Å². The van der Waals surface area contributed by atoms with E-state index in [1.807, 2.05) is 30.3 Å². The molecule has 162 valence electrons. The molecule has 1 aliphatic rings. The summed E-state index contributed by atoms with van der Waals surface area (Å²) in [5.74, 6) is 3.05. The van der Waals surface area contributed by atoms with E-state index in [0.29, 0.717) is 13.2 Å². The normalized spacial score (nSPS) is 26.0. The molecule has 29 heavy (non-hydrogen) atoms. The molecular weight excluding hydrogens is 396 g/mol. The van der Waals surface area contributed by atoms with Gasteiger partial charge in [0, 0.05) is 0 Å². The molecular formula is C23H38O4Si2. The Bertz CT molecular complexity index is 710. The zero-order valence-electron chi connectivity index (χ0n) is 19.3. The highest BCUT2D eigenvalue weighted by molar-refractivity contribution is 6.83. The van der Waals surface area contributed by atoms with Crippen molar-refractivity contribution in [1.82, 2.24) is 0 Å². The highest BCUT2D eigenvalue weighted by atomic mass is 28.4. The Kier molecular flexibility index (Phi) is 7.94. The van der Waals surface area contributed by atoms with Crippen molar-refractivity contribution in [2.75, 3.05) is 6.61 Å². The van der Waals surface area contributed by atoms with Crippen molar-refractivity contribution in [3.63, 3.8) is 0 Å². The molecule has 4 atom stereocenters. The van der Waals surface area contributed by atoms with E-state index in [0.717, 1.165) is 5.56 Å². The molecule has 1 fully saturated rings. The van der Waals surface area contributed by atoms with Crippen LogP contribution < -0.4 is 0 Å². The van der Waals surface area contributed by atoms with E-state index in [9.17, 15) is 5.11 Å². The van der Waals surface area contributed by atoms with Crippen LogP contribution in [0.1, 0.15) is 26.3 Å². The number of benzene rings is 1. The average molecular weight is 435 g/mol. The summed E-state index contributed by atoms with van der Waals surface area (Å²) in [7, 11) is -3.61. The molecule has 1 N–H and O–H groups in total. The zero-order chi connectivity index (χ0) is 21.9. The highest BCUT2D eigenvalue weighted by Crippen LogP contribution is 2.39. The minimum atomic E-state index is -2.02. The molecule has 1 aromatic carbocycles. The summed E-state index contributed by atoms with van der Waals surface area (Å²) in [6.45, 7) is 18.5. The molecule has 0 aliphatic carbocycles. The van der Waals surface area contributed by atoms with Gasteiger partial charge in [-0.3, -0.25) is 0 Å². The van der Waals surface area contributed by atoms with Crippen LogP contribution in [0, 0.1) is 17.4 Å². The second-order valence-corrected chi connectivity index (χ2v) is 20.0. The molecule has 1 aliphatic heterocycles. The van der Waals surface area contributed by atoms with E-state index in [2.05, 4.69) is 65.0 Å². The lowest BCUT2D eigenvalue weighted by Crippen LogP contribution is -2.55. The van der Waals surface area contributed by atoms with E-state index in [1.165, 1.54) is 0 Å². The summed E-state index contributed by atoms with van der Waals surface area (Å²) in [4.78, 5) is 0. The Morgan fingerprint density at radius 1 is 1.10 bits per heavy atom. The summed E-state index contributed by atoms with van der Waals surface area (Å²) in [5.41, 5.74) is 4.47. The van der Waals surface area contributed by atoms with Crippen molar-refractivity contribution in [2.24, 2.45) is 5.92 Å². The third kappa shape index (κ3) is 7.06. The molecule has 0 spiro atoms. The highest BCUT2D eigenvalue weighted by Gasteiger charge is 2.46. The van der Waals surface area contributed by atoms with Gasteiger partial charge in [0.15, 0.2) is 14.6 Å². The van der Waals surface area contributed by atoms with Crippen LogP contribution in [0.15, 0.2) is 30.3 Å². The van der Waals surface area contributed by atoms with Crippen LogP contribution >= 0.6 is 0 Å². The monoisotopic (exact) mass is 434 g/mol. The fourth-order valence-corrected chi connectivity index (χ4v) is 4.75. The fourth-order valence-electron chi connectivity index (χ4n) is 2.82. The number of aliphatic hydroxyl groups is 1. The molecule has 0 amide bonds. The largest absolute Gasteiger partial charge is 0.410 e. The van der Waals surface area contributed by atoms with Crippen LogP contribution in [0.5, 0.6) is 0 Å². The van der Waals surface area contributed by atoms with Crippen LogP contribution in [0.4, 0.5) is 0 Å². The maximum atomic E-state index is 11.1. The Morgan fingerprint density at radius 3 is 2.28 bits per heavy atom. The molecule has 4 nitrogen and oxygen atoms in total. The predicted molar refractivity (Wildman–Crippen MR) is 124 cm³/mol. The van der Waals surface area contributed by atoms with E-state index < -0.39 is 28.8 Å². The van der Waals surface area contributed by atoms with Crippen molar-refractivity contribution in [2.45, 2.75) is 83.6 Å². The first-order valence-electron chi connectivity index (χ1n) is 10.5. The quantitative estimate of drug-likeness (QED) is 0.534. The third-order valence-electron chi connectivity index (χ3n) is 5.60. The van der Waals surface area contributed by atoms with Crippen LogP contribution in [0.25, 0.3) is 0 Å². The Morgan fingerprint density at radius 2 is 1.72 bits per heavy atom. The molecule has 0 aromatic heterocycles. The van der Waals surface area contributed by atoms with E-state index >= 15 is 0 Å².